The maximum atomic E-state index is 12.7. The predicted molar refractivity (Wildman–Crippen MR) is 100 cm³/mol. The molecular formula is C19H18N4O5. The number of hydrogen-bond donors (Lipinski definition) is 2. The Bertz CT molecular complexity index is 1000. The maximum absolute atomic E-state index is 12.7. The number of fused-ring (bicyclic) bond motifs is 1. The molecule has 9 heteroatoms. The minimum atomic E-state index is -0.402. The number of aromatic nitrogens is 3. The van der Waals surface area contributed by atoms with E-state index in [4.69, 9.17) is 18.9 Å². The van der Waals surface area contributed by atoms with Gasteiger partial charge in [-0.1, -0.05) is 12.1 Å². The lowest BCUT2D eigenvalue weighted by Crippen LogP contribution is -2.18. The van der Waals surface area contributed by atoms with E-state index in [1.165, 1.54) is 7.11 Å². The van der Waals surface area contributed by atoms with Crippen LogP contribution in [0.3, 0.4) is 0 Å². The summed E-state index contributed by atoms with van der Waals surface area (Å²) in [5, 5.41) is 9.51. The quantitative estimate of drug-likeness (QED) is 0.698. The van der Waals surface area contributed by atoms with Crippen molar-refractivity contribution in [1.29, 1.82) is 0 Å². The largest absolute Gasteiger partial charge is 0.496 e. The fourth-order valence-electron chi connectivity index (χ4n) is 2.86. The monoisotopic (exact) mass is 382 g/mol. The van der Waals surface area contributed by atoms with Crippen molar-refractivity contribution in [3.8, 4) is 34.4 Å². The Balaban J connectivity index is 1.57. The third kappa shape index (κ3) is 3.29. The first kappa shape index (κ1) is 17.7. The van der Waals surface area contributed by atoms with E-state index in [2.05, 4.69) is 20.5 Å². The number of benzene rings is 2. The summed E-state index contributed by atoms with van der Waals surface area (Å²) in [6.07, 6.45) is 0. The van der Waals surface area contributed by atoms with Crippen LogP contribution < -0.4 is 24.3 Å². The molecule has 0 radical (unpaired) electrons. The number of aromatic amines is 1. The lowest BCUT2D eigenvalue weighted by atomic mass is 10.1. The van der Waals surface area contributed by atoms with Gasteiger partial charge in [0.05, 0.1) is 19.8 Å². The number of anilines is 1. The number of carbonyl (C=O) groups is 1. The molecule has 1 aromatic heterocycles. The van der Waals surface area contributed by atoms with Crippen LogP contribution in [0.2, 0.25) is 0 Å². The smallest absolute Gasteiger partial charge is 0.258 e. The third-order valence-corrected chi connectivity index (χ3v) is 4.16. The Morgan fingerprint density at radius 3 is 2.71 bits per heavy atom. The van der Waals surface area contributed by atoms with Gasteiger partial charge in [-0.25, -0.2) is 0 Å². The molecule has 4 rings (SSSR count). The highest BCUT2D eigenvalue weighted by molar-refractivity contribution is 6.04. The molecule has 0 atom stereocenters. The minimum absolute atomic E-state index is 0.139. The van der Waals surface area contributed by atoms with Crippen LogP contribution in [0.25, 0.3) is 11.4 Å². The molecule has 1 aliphatic heterocycles. The molecule has 9 nitrogen and oxygen atoms in total. The Labute approximate surface area is 160 Å². The minimum Gasteiger partial charge on any atom is -0.496 e. The molecule has 28 heavy (non-hydrogen) atoms. The van der Waals surface area contributed by atoms with Crippen molar-refractivity contribution < 1.29 is 23.7 Å². The van der Waals surface area contributed by atoms with Gasteiger partial charge < -0.3 is 18.9 Å². The molecule has 0 bridgehead atoms. The van der Waals surface area contributed by atoms with Crippen LogP contribution in [0.15, 0.2) is 36.4 Å². The number of nitrogens with zero attached hydrogens (tertiary/aromatic N) is 2. The van der Waals surface area contributed by atoms with Crippen LogP contribution in [0, 0.1) is 0 Å². The second-order valence-electron chi connectivity index (χ2n) is 5.86. The number of para-hydroxylation sites is 1. The highest BCUT2D eigenvalue weighted by atomic mass is 16.6. The number of H-pyrrole nitrogens is 1. The van der Waals surface area contributed by atoms with Gasteiger partial charge in [0, 0.05) is 5.56 Å². The summed E-state index contributed by atoms with van der Waals surface area (Å²) in [6.45, 7) is 0.836. The molecular weight excluding hydrogens is 364 g/mol. The van der Waals surface area contributed by atoms with Crippen molar-refractivity contribution in [3.63, 3.8) is 0 Å². The number of nitrogens with one attached hydrogen (secondary N) is 2. The van der Waals surface area contributed by atoms with Crippen molar-refractivity contribution in [3.05, 3.63) is 42.0 Å². The topological polar surface area (TPSA) is 108 Å². The first-order chi connectivity index (χ1) is 13.7. The molecule has 2 aromatic carbocycles. The van der Waals surface area contributed by atoms with Gasteiger partial charge >= 0.3 is 0 Å². The molecule has 0 saturated carbocycles. The highest BCUT2D eigenvalue weighted by Crippen LogP contribution is 2.40. The molecule has 0 fully saturated rings. The number of carbonyl (C=O) groups excluding carboxylic acids is 1. The highest BCUT2D eigenvalue weighted by Gasteiger charge is 2.21. The molecule has 0 saturated heterocycles. The number of hydrogen-bond acceptors (Lipinski definition) is 7. The third-order valence-electron chi connectivity index (χ3n) is 4.16. The Morgan fingerprint density at radius 2 is 1.89 bits per heavy atom. The second-order valence-corrected chi connectivity index (χ2v) is 5.86. The molecule has 1 amide bonds. The van der Waals surface area contributed by atoms with Crippen molar-refractivity contribution in [2.75, 3.05) is 32.8 Å². The van der Waals surface area contributed by atoms with E-state index in [-0.39, 0.29) is 5.95 Å². The molecule has 0 unspecified atom stereocenters. The number of amides is 1. The van der Waals surface area contributed by atoms with Crippen molar-refractivity contribution >= 4 is 11.9 Å². The first-order valence-electron chi connectivity index (χ1n) is 8.54. The van der Waals surface area contributed by atoms with E-state index in [0.717, 1.165) is 5.56 Å². The van der Waals surface area contributed by atoms with Gasteiger partial charge in [0.1, 0.15) is 19.0 Å². The average Bonchev–Trinajstić information content (AvgIpc) is 3.21. The van der Waals surface area contributed by atoms with Crippen LogP contribution in [0.1, 0.15) is 10.4 Å². The fraction of sp³-hybridized carbons (Fsp3) is 0.211. The lowest BCUT2D eigenvalue weighted by Gasteiger charge is -2.21. The zero-order valence-corrected chi connectivity index (χ0v) is 15.3. The molecule has 144 valence electrons. The Morgan fingerprint density at radius 1 is 1.11 bits per heavy atom. The van der Waals surface area contributed by atoms with E-state index in [0.29, 0.717) is 47.6 Å². The average molecular weight is 382 g/mol. The van der Waals surface area contributed by atoms with Crippen LogP contribution in [0.5, 0.6) is 23.0 Å². The lowest BCUT2D eigenvalue weighted by molar-refractivity contribution is 0.102. The van der Waals surface area contributed by atoms with Crippen molar-refractivity contribution in [2.45, 2.75) is 0 Å². The summed E-state index contributed by atoms with van der Waals surface area (Å²) in [7, 11) is 3.08. The summed E-state index contributed by atoms with van der Waals surface area (Å²) >= 11 is 0. The summed E-state index contributed by atoms with van der Waals surface area (Å²) in [5.74, 6) is 2.23. The van der Waals surface area contributed by atoms with Gasteiger partial charge in [-0.2, -0.15) is 4.98 Å². The maximum Gasteiger partial charge on any atom is 0.258 e. The van der Waals surface area contributed by atoms with E-state index in [9.17, 15) is 4.79 Å². The summed E-state index contributed by atoms with van der Waals surface area (Å²) in [6, 6.07) is 10.6. The number of rotatable bonds is 5. The SMILES string of the molecule is COc1ccccc1-c1nc(NC(=O)c2cc(OC)c3c(c2)OCCO3)n[nH]1. The van der Waals surface area contributed by atoms with E-state index < -0.39 is 5.91 Å². The van der Waals surface area contributed by atoms with Crippen LogP contribution >= 0.6 is 0 Å². The fourth-order valence-corrected chi connectivity index (χ4v) is 2.86. The Kier molecular flexibility index (Phi) is 4.71. The summed E-state index contributed by atoms with van der Waals surface area (Å²) in [4.78, 5) is 17.0. The normalized spacial score (nSPS) is 12.4. The molecule has 2 N–H and O–H groups in total. The van der Waals surface area contributed by atoms with Crippen LogP contribution in [-0.4, -0.2) is 48.5 Å². The molecule has 0 aliphatic carbocycles. The van der Waals surface area contributed by atoms with Gasteiger partial charge in [0.2, 0.25) is 11.7 Å². The standard InChI is InChI=1S/C19H18N4O5/c1-25-13-6-4-3-5-12(13)17-20-19(23-22-17)21-18(24)11-9-14(26-2)16-15(10-11)27-7-8-28-16/h3-6,9-10H,7-8H2,1-2H3,(H2,20,21,22,23,24). The Hall–Kier alpha value is -3.75. The van der Waals surface area contributed by atoms with Gasteiger partial charge in [0.25, 0.3) is 5.91 Å². The summed E-state index contributed by atoms with van der Waals surface area (Å²) < 4.78 is 21.7. The number of ether oxygens (including phenoxy) is 4. The van der Waals surface area contributed by atoms with Gasteiger partial charge in [-0.05, 0) is 24.3 Å². The first-order valence-corrected chi connectivity index (χ1v) is 8.54. The predicted octanol–water partition coefficient (Wildman–Crippen LogP) is 2.51. The molecule has 0 spiro atoms. The molecule has 3 aromatic rings. The van der Waals surface area contributed by atoms with E-state index in [1.54, 1.807) is 19.2 Å². The van der Waals surface area contributed by atoms with E-state index in [1.807, 2.05) is 24.3 Å². The van der Waals surface area contributed by atoms with E-state index >= 15 is 0 Å². The summed E-state index contributed by atoms with van der Waals surface area (Å²) in [5.41, 5.74) is 1.07. The van der Waals surface area contributed by atoms with Gasteiger partial charge in [-0.3, -0.25) is 15.2 Å². The van der Waals surface area contributed by atoms with Crippen LogP contribution in [-0.2, 0) is 0 Å². The second kappa shape index (κ2) is 7.47. The van der Waals surface area contributed by atoms with Gasteiger partial charge in [0.15, 0.2) is 17.3 Å². The number of methoxy groups -OCH3 is 2. The zero-order chi connectivity index (χ0) is 19.5. The molecule has 1 aliphatic rings. The van der Waals surface area contributed by atoms with Crippen molar-refractivity contribution in [1.82, 2.24) is 15.2 Å². The van der Waals surface area contributed by atoms with Gasteiger partial charge in [-0.15, -0.1) is 5.10 Å². The zero-order valence-electron chi connectivity index (χ0n) is 15.3. The molecule has 2 heterocycles. The van der Waals surface area contributed by atoms with Crippen LogP contribution in [0.4, 0.5) is 5.95 Å². The van der Waals surface area contributed by atoms with Crippen molar-refractivity contribution in [2.24, 2.45) is 0 Å².